The van der Waals surface area contributed by atoms with Crippen LogP contribution in [0.3, 0.4) is 0 Å². The third-order valence-corrected chi connectivity index (χ3v) is 6.91. The zero-order valence-corrected chi connectivity index (χ0v) is 21.9. The van der Waals surface area contributed by atoms with Gasteiger partial charge in [-0.2, -0.15) is 0 Å². The first-order valence-corrected chi connectivity index (χ1v) is 12.6. The zero-order chi connectivity index (χ0) is 27.4. The van der Waals surface area contributed by atoms with E-state index in [2.05, 4.69) is 25.8 Å². The van der Waals surface area contributed by atoms with E-state index in [1.54, 1.807) is 51.2 Å². The van der Waals surface area contributed by atoms with Crippen LogP contribution in [0.15, 0.2) is 35.0 Å². The molecule has 1 aliphatic rings. The fourth-order valence-corrected chi connectivity index (χ4v) is 4.81. The van der Waals surface area contributed by atoms with Crippen molar-refractivity contribution in [1.29, 1.82) is 0 Å². The van der Waals surface area contributed by atoms with Crippen LogP contribution < -0.4 is 10.6 Å². The zero-order valence-electron chi connectivity index (χ0n) is 21.2. The number of halogens is 1. The lowest BCUT2D eigenvalue weighted by atomic mass is 9.78. The summed E-state index contributed by atoms with van der Waals surface area (Å²) in [4.78, 5) is 45.6. The summed E-state index contributed by atoms with van der Waals surface area (Å²) in [6, 6.07) is 6.68. The van der Waals surface area contributed by atoms with E-state index in [0.29, 0.717) is 41.2 Å². The Morgan fingerprint density at radius 2 is 1.84 bits per heavy atom. The van der Waals surface area contributed by atoms with Gasteiger partial charge in [0.25, 0.3) is 0 Å². The van der Waals surface area contributed by atoms with Gasteiger partial charge in [0, 0.05) is 11.8 Å². The predicted molar refractivity (Wildman–Crippen MR) is 139 cm³/mol. The van der Waals surface area contributed by atoms with Gasteiger partial charge in [-0.15, -0.1) is 0 Å². The number of aromatic nitrogens is 3. The minimum Gasteiger partial charge on any atom is -0.481 e. The number of aryl methyl sites for hydroxylation is 2. The molecule has 0 spiro atoms. The van der Waals surface area contributed by atoms with Crippen molar-refractivity contribution < 1.29 is 28.8 Å². The molecule has 3 aromatic rings. The average Bonchev–Trinajstić information content (AvgIpc) is 3.24. The predicted octanol–water partition coefficient (Wildman–Crippen LogP) is 5.54. The second-order valence-electron chi connectivity index (χ2n) is 9.18. The molecule has 0 bridgehead atoms. The number of carbonyl (C=O) groups is 3. The van der Waals surface area contributed by atoms with Crippen LogP contribution in [0.1, 0.15) is 55.7 Å². The van der Waals surface area contributed by atoms with Crippen molar-refractivity contribution in [1.82, 2.24) is 15.1 Å². The first-order valence-electron chi connectivity index (χ1n) is 12.2. The van der Waals surface area contributed by atoms with Gasteiger partial charge in [0.05, 0.1) is 23.2 Å². The van der Waals surface area contributed by atoms with E-state index in [1.165, 1.54) is 0 Å². The number of carboxylic acids is 1. The van der Waals surface area contributed by atoms with E-state index < -0.39 is 30.0 Å². The normalized spacial score (nSPS) is 17.9. The SMILES string of the molecule is Cc1nc(-c2onc(C)c2NC(=O)O[C@H](C)c2cccnc2Cl)ccc1NC(=O)[C@H]1CCCC[C@@H]1C(=O)O. The highest BCUT2D eigenvalue weighted by atomic mass is 35.5. The Hall–Kier alpha value is -3.99. The van der Waals surface area contributed by atoms with Gasteiger partial charge in [-0.1, -0.05) is 35.7 Å². The minimum absolute atomic E-state index is 0.214. The largest absolute Gasteiger partial charge is 0.481 e. The van der Waals surface area contributed by atoms with Crippen LogP contribution in [0.2, 0.25) is 5.15 Å². The quantitative estimate of drug-likeness (QED) is 0.326. The van der Waals surface area contributed by atoms with Crippen LogP contribution in [0, 0.1) is 25.7 Å². The van der Waals surface area contributed by atoms with Crippen molar-refractivity contribution in [3.05, 3.63) is 52.6 Å². The van der Waals surface area contributed by atoms with Crippen LogP contribution >= 0.6 is 11.6 Å². The van der Waals surface area contributed by atoms with Crippen molar-refractivity contribution in [3.63, 3.8) is 0 Å². The second-order valence-corrected chi connectivity index (χ2v) is 9.54. The van der Waals surface area contributed by atoms with Crippen molar-refractivity contribution in [2.24, 2.45) is 11.8 Å². The van der Waals surface area contributed by atoms with Crippen LogP contribution in [0.25, 0.3) is 11.5 Å². The maximum Gasteiger partial charge on any atom is 0.412 e. The summed E-state index contributed by atoms with van der Waals surface area (Å²) in [5.41, 5.74) is 2.58. The first kappa shape index (κ1) is 27.1. The highest BCUT2D eigenvalue weighted by Gasteiger charge is 2.36. The number of pyridine rings is 2. The molecule has 0 saturated heterocycles. The number of carbonyl (C=O) groups excluding carboxylic acids is 2. The molecule has 1 aliphatic carbocycles. The third-order valence-electron chi connectivity index (χ3n) is 6.60. The minimum atomic E-state index is -0.952. The number of carboxylic acid groups (broad SMARTS) is 1. The molecule has 0 aromatic carbocycles. The number of nitrogens with one attached hydrogen (secondary N) is 2. The van der Waals surface area contributed by atoms with E-state index >= 15 is 0 Å². The van der Waals surface area contributed by atoms with Gasteiger partial charge in [-0.25, -0.2) is 14.8 Å². The number of rotatable bonds is 7. The van der Waals surface area contributed by atoms with Crippen molar-refractivity contribution in [3.8, 4) is 11.5 Å². The van der Waals surface area contributed by atoms with Gasteiger partial charge in [-0.05, 0) is 51.8 Å². The Morgan fingerprint density at radius 1 is 1.11 bits per heavy atom. The van der Waals surface area contributed by atoms with Gasteiger partial charge in [-0.3, -0.25) is 14.9 Å². The first-order chi connectivity index (χ1) is 18.2. The summed E-state index contributed by atoms with van der Waals surface area (Å²) in [6.45, 7) is 5.04. The summed E-state index contributed by atoms with van der Waals surface area (Å²) < 4.78 is 10.9. The molecule has 0 radical (unpaired) electrons. The molecule has 2 amide bonds. The molecule has 0 unspecified atom stereocenters. The van der Waals surface area contributed by atoms with Crippen LogP contribution in [0.4, 0.5) is 16.2 Å². The van der Waals surface area contributed by atoms with Gasteiger partial charge < -0.3 is 19.7 Å². The Bertz CT molecular complexity index is 1360. The summed E-state index contributed by atoms with van der Waals surface area (Å²) in [5, 5.41) is 19.2. The summed E-state index contributed by atoms with van der Waals surface area (Å²) in [5.74, 6) is -2.36. The van der Waals surface area contributed by atoms with E-state index in [1.807, 2.05) is 0 Å². The lowest BCUT2D eigenvalue weighted by molar-refractivity contribution is -0.147. The molecule has 4 rings (SSSR count). The molecule has 38 heavy (non-hydrogen) atoms. The van der Waals surface area contributed by atoms with Gasteiger partial charge in [0.15, 0.2) is 0 Å². The molecular formula is C26H28ClN5O6. The summed E-state index contributed by atoms with van der Waals surface area (Å²) in [6.07, 6.45) is 2.77. The summed E-state index contributed by atoms with van der Waals surface area (Å²) >= 11 is 6.09. The average molecular weight is 542 g/mol. The molecule has 1 saturated carbocycles. The molecule has 1 fully saturated rings. The molecule has 3 aromatic heterocycles. The van der Waals surface area contributed by atoms with Crippen molar-refractivity contribution >= 4 is 40.9 Å². The molecule has 0 aliphatic heterocycles. The third kappa shape index (κ3) is 5.94. The number of ether oxygens (including phenoxy) is 1. The monoisotopic (exact) mass is 541 g/mol. The lowest BCUT2D eigenvalue weighted by Gasteiger charge is -2.27. The topological polar surface area (TPSA) is 157 Å². The highest BCUT2D eigenvalue weighted by Crippen LogP contribution is 2.34. The molecular weight excluding hydrogens is 514 g/mol. The fourth-order valence-electron chi connectivity index (χ4n) is 4.53. The Kier molecular flexibility index (Phi) is 8.26. The van der Waals surface area contributed by atoms with E-state index in [9.17, 15) is 19.5 Å². The van der Waals surface area contributed by atoms with Crippen LogP contribution in [-0.4, -0.2) is 38.2 Å². The smallest absolute Gasteiger partial charge is 0.412 e. The molecule has 3 N–H and O–H groups in total. The number of anilines is 2. The molecule has 11 nitrogen and oxygen atoms in total. The van der Waals surface area contributed by atoms with Crippen molar-refractivity contribution in [2.75, 3.05) is 10.6 Å². The Balaban J connectivity index is 1.47. The second kappa shape index (κ2) is 11.6. The standard InChI is InChI=1S/C26H28ClN5O6/c1-13-19(30-24(33)17-7-4-5-8-18(17)25(34)35)10-11-20(29-13)22-21(14(2)32-38-22)31-26(36)37-15(3)16-9-6-12-28-23(16)27/h6,9-12,15,17-18H,4-5,7-8H2,1-3H3,(H,30,33)(H,31,36)(H,34,35)/t15-,17+,18+/m1/s1. The van der Waals surface area contributed by atoms with Gasteiger partial charge in [0.2, 0.25) is 11.7 Å². The Morgan fingerprint density at radius 3 is 2.53 bits per heavy atom. The lowest BCUT2D eigenvalue weighted by Crippen LogP contribution is -2.36. The molecule has 3 heterocycles. The van der Waals surface area contributed by atoms with Gasteiger partial charge >= 0.3 is 12.1 Å². The van der Waals surface area contributed by atoms with E-state index in [4.69, 9.17) is 20.9 Å². The fraction of sp³-hybridized carbons (Fsp3) is 0.385. The molecule has 12 heteroatoms. The van der Waals surface area contributed by atoms with Crippen molar-refractivity contribution in [2.45, 2.75) is 52.6 Å². The highest BCUT2D eigenvalue weighted by molar-refractivity contribution is 6.30. The van der Waals surface area contributed by atoms with E-state index in [0.717, 1.165) is 12.8 Å². The summed E-state index contributed by atoms with van der Waals surface area (Å²) in [7, 11) is 0. The maximum atomic E-state index is 12.9. The van der Waals surface area contributed by atoms with Crippen LogP contribution in [-0.2, 0) is 14.3 Å². The van der Waals surface area contributed by atoms with Gasteiger partial charge in [0.1, 0.15) is 28.3 Å². The Labute approximate surface area is 223 Å². The number of hydrogen-bond donors (Lipinski definition) is 3. The molecule has 200 valence electrons. The maximum absolute atomic E-state index is 12.9. The number of aliphatic carboxylic acids is 1. The number of amides is 2. The van der Waals surface area contributed by atoms with E-state index in [-0.39, 0.29) is 22.5 Å². The number of hydrogen-bond acceptors (Lipinski definition) is 8. The van der Waals surface area contributed by atoms with Crippen LogP contribution in [0.5, 0.6) is 0 Å². The molecule has 3 atom stereocenters. The number of nitrogens with zero attached hydrogens (tertiary/aromatic N) is 3.